The third-order valence-electron chi connectivity index (χ3n) is 2.50. The number of halogens is 2. The lowest BCUT2D eigenvalue weighted by atomic mass is 10.0. The first-order valence-electron chi connectivity index (χ1n) is 5.25. The van der Waals surface area contributed by atoms with Gasteiger partial charge in [-0.05, 0) is 30.3 Å². The van der Waals surface area contributed by atoms with Gasteiger partial charge in [0, 0.05) is 5.56 Å². The average Bonchev–Trinajstić information content (AvgIpc) is 2.41. The molecule has 0 amide bonds. The second kappa shape index (κ2) is 4.96. The zero-order valence-corrected chi connectivity index (χ0v) is 9.61. The van der Waals surface area contributed by atoms with Crippen LogP contribution in [0.2, 0.25) is 0 Å². The summed E-state index contributed by atoms with van der Waals surface area (Å²) in [7, 11) is 1.46. The molecule has 18 heavy (non-hydrogen) atoms. The fourth-order valence-electron chi connectivity index (χ4n) is 1.59. The van der Waals surface area contributed by atoms with Crippen molar-refractivity contribution in [3.8, 4) is 5.75 Å². The van der Waals surface area contributed by atoms with E-state index < -0.39 is 17.4 Å². The zero-order chi connectivity index (χ0) is 13.1. The van der Waals surface area contributed by atoms with Crippen molar-refractivity contribution < 1.29 is 18.3 Å². The van der Waals surface area contributed by atoms with Crippen molar-refractivity contribution in [2.24, 2.45) is 0 Å². The second-order valence-corrected chi connectivity index (χ2v) is 3.69. The minimum atomic E-state index is -0.746. The van der Waals surface area contributed by atoms with Crippen LogP contribution < -0.4 is 4.74 Å². The second-order valence-electron chi connectivity index (χ2n) is 3.69. The van der Waals surface area contributed by atoms with E-state index in [1.54, 1.807) is 12.1 Å². The highest BCUT2D eigenvalue weighted by molar-refractivity contribution is 6.09. The summed E-state index contributed by atoms with van der Waals surface area (Å²) in [6.45, 7) is 0. The highest BCUT2D eigenvalue weighted by Crippen LogP contribution is 2.18. The summed E-state index contributed by atoms with van der Waals surface area (Å²) >= 11 is 0. The molecule has 0 aliphatic carbocycles. The maximum Gasteiger partial charge on any atom is 0.196 e. The fraction of sp³-hybridized carbons (Fsp3) is 0.0714. The summed E-state index contributed by atoms with van der Waals surface area (Å²) in [5.74, 6) is -1.49. The third-order valence-corrected chi connectivity index (χ3v) is 2.50. The van der Waals surface area contributed by atoms with Crippen LogP contribution in [0, 0.1) is 11.6 Å². The standard InChI is InChI=1S/C14H10F2O2/c1-18-11-4-2-3-9(7-11)14(17)12-8-10(15)5-6-13(12)16/h2-8H,1H3. The number of hydrogen-bond acceptors (Lipinski definition) is 2. The lowest BCUT2D eigenvalue weighted by Crippen LogP contribution is -2.05. The molecule has 0 saturated heterocycles. The fourth-order valence-corrected chi connectivity index (χ4v) is 1.59. The lowest BCUT2D eigenvalue weighted by Gasteiger charge is -2.05. The molecular formula is C14H10F2O2. The van der Waals surface area contributed by atoms with Gasteiger partial charge in [-0.15, -0.1) is 0 Å². The van der Waals surface area contributed by atoms with E-state index in [-0.39, 0.29) is 11.1 Å². The minimum Gasteiger partial charge on any atom is -0.497 e. The molecule has 0 radical (unpaired) electrons. The van der Waals surface area contributed by atoms with E-state index in [4.69, 9.17) is 4.74 Å². The average molecular weight is 248 g/mol. The number of ketones is 1. The van der Waals surface area contributed by atoms with Crippen LogP contribution in [0.1, 0.15) is 15.9 Å². The van der Waals surface area contributed by atoms with E-state index >= 15 is 0 Å². The highest BCUT2D eigenvalue weighted by Gasteiger charge is 2.15. The first kappa shape index (κ1) is 12.2. The number of rotatable bonds is 3. The van der Waals surface area contributed by atoms with Crippen molar-refractivity contribution in [3.63, 3.8) is 0 Å². The Bertz CT molecular complexity index is 594. The molecule has 2 aromatic rings. The van der Waals surface area contributed by atoms with Gasteiger partial charge in [-0.3, -0.25) is 4.79 Å². The van der Waals surface area contributed by atoms with Gasteiger partial charge in [-0.2, -0.15) is 0 Å². The molecule has 0 aliphatic heterocycles. The number of carbonyl (C=O) groups excluding carboxylic acids is 1. The van der Waals surface area contributed by atoms with E-state index in [9.17, 15) is 13.6 Å². The van der Waals surface area contributed by atoms with E-state index in [0.29, 0.717) is 5.75 Å². The van der Waals surface area contributed by atoms with Crippen molar-refractivity contribution in [2.45, 2.75) is 0 Å². The molecule has 0 fully saturated rings. The maximum atomic E-state index is 13.5. The van der Waals surface area contributed by atoms with Gasteiger partial charge >= 0.3 is 0 Å². The van der Waals surface area contributed by atoms with Gasteiger partial charge in [0.15, 0.2) is 5.78 Å². The van der Waals surface area contributed by atoms with Gasteiger partial charge in [-0.25, -0.2) is 8.78 Å². The van der Waals surface area contributed by atoms with Gasteiger partial charge in [0.2, 0.25) is 0 Å². The molecule has 0 N–H and O–H groups in total. The topological polar surface area (TPSA) is 26.3 Å². The molecule has 0 aliphatic rings. The summed E-state index contributed by atoms with van der Waals surface area (Å²) in [5, 5.41) is 0. The predicted octanol–water partition coefficient (Wildman–Crippen LogP) is 3.20. The Balaban J connectivity index is 2.44. The minimum absolute atomic E-state index is 0.249. The maximum absolute atomic E-state index is 13.5. The predicted molar refractivity (Wildman–Crippen MR) is 62.8 cm³/mol. The summed E-state index contributed by atoms with van der Waals surface area (Å²) in [4.78, 5) is 12.0. The lowest BCUT2D eigenvalue weighted by molar-refractivity contribution is 0.103. The monoisotopic (exact) mass is 248 g/mol. The molecule has 0 saturated carbocycles. The van der Waals surface area contributed by atoms with Crippen LogP contribution >= 0.6 is 0 Å². The summed E-state index contributed by atoms with van der Waals surface area (Å²) < 4.78 is 31.5. The van der Waals surface area contributed by atoms with Crippen LogP contribution in [-0.2, 0) is 0 Å². The first-order chi connectivity index (χ1) is 8.61. The SMILES string of the molecule is COc1cccc(C(=O)c2cc(F)ccc2F)c1. The molecule has 0 bridgehead atoms. The molecule has 92 valence electrons. The van der Waals surface area contributed by atoms with Crippen molar-refractivity contribution in [1.29, 1.82) is 0 Å². The third kappa shape index (κ3) is 2.37. The molecule has 2 rings (SSSR count). The van der Waals surface area contributed by atoms with E-state index in [2.05, 4.69) is 0 Å². The Labute approximate surface area is 103 Å². The van der Waals surface area contributed by atoms with Crippen LogP contribution in [0.5, 0.6) is 5.75 Å². The van der Waals surface area contributed by atoms with E-state index in [1.165, 1.54) is 19.2 Å². The Kier molecular flexibility index (Phi) is 3.37. The van der Waals surface area contributed by atoms with E-state index in [0.717, 1.165) is 18.2 Å². The van der Waals surface area contributed by atoms with E-state index in [1.807, 2.05) is 0 Å². The number of hydrogen-bond donors (Lipinski definition) is 0. The summed E-state index contributed by atoms with van der Waals surface area (Å²) in [6, 6.07) is 9.07. The molecule has 4 heteroatoms. The van der Waals surface area contributed by atoms with Gasteiger partial charge in [0.25, 0.3) is 0 Å². The number of carbonyl (C=O) groups is 1. The quantitative estimate of drug-likeness (QED) is 0.780. The van der Waals surface area contributed by atoms with Gasteiger partial charge in [-0.1, -0.05) is 12.1 Å². The van der Waals surface area contributed by atoms with Crippen LogP contribution in [0.25, 0.3) is 0 Å². The molecule has 0 atom stereocenters. The highest BCUT2D eigenvalue weighted by atomic mass is 19.1. The van der Waals surface area contributed by atoms with Crippen molar-refractivity contribution >= 4 is 5.78 Å². The largest absolute Gasteiger partial charge is 0.497 e. The molecule has 2 nitrogen and oxygen atoms in total. The van der Waals surface area contributed by atoms with Crippen molar-refractivity contribution in [1.82, 2.24) is 0 Å². The van der Waals surface area contributed by atoms with Gasteiger partial charge in [0.05, 0.1) is 12.7 Å². The smallest absolute Gasteiger partial charge is 0.196 e. The normalized spacial score (nSPS) is 10.2. The Morgan fingerprint density at radius 2 is 1.89 bits per heavy atom. The molecule has 0 unspecified atom stereocenters. The number of methoxy groups -OCH3 is 1. The van der Waals surface area contributed by atoms with Crippen LogP contribution in [-0.4, -0.2) is 12.9 Å². The summed E-state index contributed by atoms with van der Waals surface area (Å²) in [6.07, 6.45) is 0. The van der Waals surface area contributed by atoms with Crippen molar-refractivity contribution in [2.75, 3.05) is 7.11 Å². The first-order valence-corrected chi connectivity index (χ1v) is 5.25. The molecule has 0 heterocycles. The molecular weight excluding hydrogens is 238 g/mol. The van der Waals surface area contributed by atoms with Crippen molar-refractivity contribution in [3.05, 3.63) is 65.2 Å². The number of ether oxygens (including phenoxy) is 1. The molecule has 2 aromatic carbocycles. The Hall–Kier alpha value is -2.23. The van der Waals surface area contributed by atoms with Gasteiger partial charge in [0.1, 0.15) is 17.4 Å². The van der Waals surface area contributed by atoms with Crippen LogP contribution in [0.15, 0.2) is 42.5 Å². The Morgan fingerprint density at radius 1 is 1.11 bits per heavy atom. The molecule has 0 spiro atoms. The molecule has 0 aromatic heterocycles. The Morgan fingerprint density at radius 3 is 2.61 bits per heavy atom. The zero-order valence-electron chi connectivity index (χ0n) is 9.61. The number of benzene rings is 2. The summed E-state index contributed by atoms with van der Waals surface area (Å²) in [5.41, 5.74) is -0.0397. The van der Waals surface area contributed by atoms with Crippen LogP contribution in [0.4, 0.5) is 8.78 Å². The van der Waals surface area contributed by atoms with Gasteiger partial charge < -0.3 is 4.74 Å². The van der Waals surface area contributed by atoms with Crippen LogP contribution in [0.3, 0.4) is 0 Å².